The van der Waals surface area contributed by atoms with Gasteiger partial charge in [-0.3, -0.25) is 4.79 Å². The van der Waals surface area contributed by atoms with Crippen LogP contribution in [0.5, 0.6) is 0 Å². The van der Waals surface area contributed by atoms with Gasteiger partial charge in [-0.15, -0.1) is 0 Å². The molecule has 2 aromatic carbocycles. The molecule has 0 unspecified atom stereocenters. The summed E-state index contributed by atoms with van der Waals surface area (Å²) in [4.78, 5) is 12.0. The number of aryl methyl sites for hydroxylation is 1. The summed E-state index contributed by atoms with van der Waals surface area (Å²) in [6.45, 7) is 5.61. The monoisotopic (exact) mass is 248 g/mol. The summed E-state index contributed by atoms with van der Waals surface area (Å²) >= 11 is 0. The number of hydrogen-bond acceptors (Lipinski definition) is 1. The molecule has 0 aliphatic carbocycles. The van der Waals surface area contributed by atoms with E-state index in [1.54, 1.807) is 0 Å². The van der Waals surface area contributed by atoms with Gasteiger partial charge in [-0.05, 0) is 30.2 Å². The van der Waals surface area contributed by atoms with Crippen LogP contribution in [0, 0.1) is 6.92 Å². The Morgan fingerprint density at radius 2 is 1.63 bits per heavy atom. The lowest BCUT2D eigenvalue weighted by Crippen LogP contribution is -1.97. The summed E-state index contributed by atoms with van der Waals surface area (Å²) in [6, 6.07) is 17.7. The van der Waals surface area contributed by atoms with Crippen molar-refractivity contribution < 1.29 is 4.79 Å². The number of carbonyl (C=O) groups is 1. The zero-order valence-corrected chi connectivity index (χ0v) is 11.0. The third kappa shape index (κ3) is 3.29. The van der Waals surface area contributed by atoms with E-state index in [2.05, 4.69) is 6.58 Å². The van der Waals surface area contributed by atoms with E-state index in [4.69, 9.17) is 0 Å². The van der Waals surface area contributed by atoms with Crippen LogP contribution in [0.1, 0.15) is 16.7 Å². The number of allylic oxidation sites excluding steroid dienone is 2. The highest BCUT2D eigenvalue weighted by Gasteiger charge is 2.08. The van der Waals surface area contributed by atoms with Crippen molar-refractivity contribution >= 4 is 17.4 Å². The van der Waals surface area contributed by atoms with Gasteiger partial charge in [-0.1, -0.05) is 66.7 Å². The van der Waals surface area contributed by atoms with Crippen LogP contribution in [0.4, 0.5) is 0 Å². The van der Waals surface area contributed by atoms with Gasteiger partial charge in [0.1, 0.15) is 0 Å². The van der Waals surface area contributed by atoms with Crippen LogP contribution in [0.2, 0.25) is 0 Å². The Hall–Kier alpha value is -2.41. The lowest BCUT2D eigenvalue weighted by atomic mass is 9.98. The quantitative estimate of drug-likeness (QED) is 0.582. The molecule has 1 heteroatoms. The molecular weight excluding hydrogens is 232 g/mol. The van der Waals surface area contributed by atoms with Crippen molar-refractivity contribution in [2.75, 3.05) is 0 Å². The number of hydrogen-bond donors (Lipinski definition) is 0. The summed E-state index contributed by atoms with van der Waals surface area (Å²) in [7, 11) is 0. The molecule has 0 amide bonds. The molecule has 0 saturated carbocycles. The van der Waals surface area contributed by atoms with E-state index in [0.717, 1.165) is 11.1 Å². The fraction of sp³-hybridized carbons (Fsp3) is 0.0556. The second-order valence-corrected chi connectivity index (χ2v) is 4.40. The van der Waals surface area contributed by atoms with Gasteiger partial charge in [0.2, 0.25) is 0 Å². The first kappa shape index (κ1) is 13.0. The smallest absolute Gasteiger partial charge is 0.185 e. The zero-order chi connectivity index (χ0) is 13.7. The van der Waals surface area contributed by atoms with Crippen molar-refractivity contribution in [1.82, 2.24) is 0 Å². The number of rotatable bonds is 4. The van der Waals surface area contributed by atoms with Crippen LogP contribution in [0.25, 0.3) is 11.6 Å². The molecule has 0 fully saturated rings. The van der Waals surface area contributed by atoms with Gasteiger partial charge in [0.05, 0.1) is 0 Å². The largest absolute Gasteiger partial charge is 0.289 e. The molecule has 1 nitrogen and oxygen atoms in total. The van der Waals surface area contributed by atoms with Crippen molar-refractivity contribution in [3.05, 3.63) is 83.9 Å². The maximum atomic E-state index is 12.0. The Labute approximate surface area is 113 Å². The highest BCUT2D eigenvalue weighted by Crippen LogP contribution is 2.19. The topological polar surface area (TPSA) is 17.1 Å². The van der Waals surface area contributed by atoms with Gasteiger partial charge >= 0.3 is 0 Å². The third-order valence-electron chi connectivity index (χ3n) is 2.92. The Bertz CT molecular complexity index is 604. The van der Waals surface area contributed by atoms with E-state index in [1.165, 1.54) is 11.6 Å². The Balaban J connectivity index is 2.46. The van der Waals surface area contributed by atoms with Crippen LogP contribution in [-0.2, 0) is 4.79 Å². The molecule has 0 spiro atoms. The molecule has 0 aliphatic rings. The SMILES string of the molecule is C=CC(=O)/C(=C\c1ccc(C)cc1)c1ccccc1. The highest BCUT2D eigenvalue weighted by molar-refractivity contribution is 6.29. The fourth-order valence-corrected chi connectivity index (χ4v) is 1.85. The number of benzene rings is 2. The summed E-state index contributed by atoms with van der Waals surface area (Å²) in [5.41, 5.74) is 3.79. The van der Waals surface area contributed by atoms with Crippen molar-refractivity contribution in [3.8, 4) is 0 Å². The van der Waals surface area contributed by atoms with Crippen LogP contribution in [0.15, 0.2) is 67.3 Å². The second-order valence-electron chi connectivity index (χ2n) is 4.40. The predicted molar refractivity (Wildman–Crippen MR) is 80.7 cm³/mol. The minimum atomic E-state index is -0.0632. The molecule has 0 aliphatic heterocycles. The number of ketones is 1. The number of carbonyl (C=O) groups excluding carboxylic acids is 1. The average Bonchev–Trinajstić information content (AvgIpc) is 2.47. The van der Waals surface area contributed by atoms with Gasteiger partial charge in [0, 0.05) is 5.57 Å². The maximum Gasteiger partial charge on any atom is 0.185 e. The molecule has 0 radical (unpaired) electrons. The Kier molecular flexibility index (Phi) is 4.09. The van der Waals surface area contributed by atoms with E-state index >= 15 is 0 Å². The average molecular weight is 248 g/mol. The van der Waals surface area contributed by atoms with Gasteiger partial charge in [0.15, 0.2) is 5.78 Å². The molecule has 19 heavy (non-hydrogen) atoms. The van der Waals surface area contributed by atoms with Gasteiger partial charge in [0.25, 0.3) is 0 Å². The minimum absolute atomic E-state index is 0.0632. The molecule has 94 valence electrons. The van der Waals surface area contributed by atoms with Crippen LogP contribution in [0.3, 0.4) is 0 Å². The molecule has 2 aromatic rings. The lowest BCUT2D eigenvalue weighted by molar-refractivity contribution is -0.109. The first-order valence-electron chi connectivity index (χ1n) is 6.21. The van der Waals surface area contributed by atoms with E-state index in [1.807, 2.05) is 67.6 Å². The lowest BCUT2D eigenvalue weighted by Gasteiger charge is -2.05. The van der Waals surface area contributed by atoms with Crippen molar-refractivity contribution in [3.63, 3.8) is 0 Å². The van der Waals surface area contributed by atoms with Crippen LogP contribution >= 0.6 is 0 Å². The van der Waals surface area contributed by atoms with Gasteiger partial charge < -0.3 is 0 Å². The Morgan fingerprint density at radius 1 is 1.00 bits per heavy atom. The van der Waals surface area contributed by atoms with Crippen molar-refractivity contribution in [2.45, 2.75) is 6.92 Å². The molecule has 0 atom stereocenters. The van der Waals surface area contributed by atoms with Gasteiger partial charge in [-0.25, -0.2) is 0 Å². The van der Waals surface area contributed by atoms with E-state index in [-0.39, 0.29) is 5.78 Å². The Morgan fingerprint density at radius 3 is 2.21 bits per heavy atom. The molecular formula is C18H16O. The van der Waals surface area contributed by atoms with Crippen LogP contribution < -0.4 is 0 Å². The summed E-state index contributed by atoms with van der Waals surface area (Å²) < 4.78 is 0. The standard InChI is InChI=1S/C18H16O/c1-3-18(19)17(16-7-5-4-6-8-16)13-15-11-9-14(2)10-12-15/h3-13H,1H2,2H3/b17-13-. The summed E-state index contributed by atoms with van der Waals surface area (Å²) in [6.07, 6.45) is 3.26. The third-order valence-corrected chi connectivity index (χ3v) is 2.92. The normalized spacial score (nSPS) is 11.1. The minimum Gasteiger partial charge on any atom is -0.289 e. The fourth-order valence-electron chi connectivity index (χ4n) is 1.85. The molecule has 0 N–H and O–H groups in total. The maximum absolute atomic E-state index is 12.0. The van der Waals surface area contributed by atoms with E-state index < -0.39 is 0 Å². The summed E-state index contributed by atoms with van der Waals surface area (Å²) in [5, 5.41) is 0. The van der Waals surface area contributed by atoms with E-state index in [0.29, 0.717) is 5.57 Å². The predicted octanol–water partition coefficient (Wildman–Crippen LogP) is 4.29. The molecule has 0 bridgehead atoms. The molecule has 0 heterocycles. The van der Waals surface area contributed by atoms with Crippen LogP contribution in [-0.4, -0.2) is 5.78 Å². The molecule has 0 saturated heterocycles. The first-order chi connectivity index (χ1) is 9.20. The van der Waals surface area contributed by atoms with Crippen molar-refractivity contribution in [2.24, 2.45) is 0 Å². The highest BCUT2D eigenvalue weighted by atomic mass is 16.1. The molecule has 0 aromatic heterocycles. The zero-order valence-electron chi connectivity index (χ0n) is 11.0. The van der Waals surface area contributed by atoms with Gasteiger partial charge in [-0.2, -0.15) is 0 Å². The second kappa shape index (κ2) is 5.96. The van der Waals surface area contributed by atoms with Crippen molar-refractivity contribution in [1.29, 1.82) is 0 Å². The molecule has 2 rings (SSSR count). The summed E-state index contributed by atoms with van der Waals surface area (Å²) in [5.74, 6) is -0.0632. The first-order valence-corrected chi connectivity index (χ1v) is 6.21. The van der Waals surface area contributed by atoms with E-state index in [9.17, 15) is 4.79 Å².